The Morgan fingerprint density at radius 1 is 1.23 bits per heavy atom. The number of hydrogen-bond acceptors (Lipinski definition) is 4. The molecule has 1 amide bonds. The van der Waals surface area contributed by atoms with E-state index in [1.807, 2.05) is 47.1 Å². The first-order valence-electron chi connectivity index (χ1n) is 10.3. The molecule has 6 nitrogen and oxygen atoms in total. The van der Waals surface area contributed by atoms with Crippen LogP contribution >= 0.6 is 24.8 Å². The number of piperidine rings is 1. The molecule has 1 unspecified atom stereocenters. The second kappa shape index (κ2) is 11.9. The number of amides is 1. The predicted molar refractivity (Wildman–Crippen MR) is 128 cm³/mol. The van der Waals surface area contributed by atoms with Crippen molar-refractivity contribution in [1.29, 1.82) is 0 Å². The van der Waals surface area contributed by atoms with E-state index in [0.717, 1.165) is 30.9 Å². The first kappa shape index (κ1) is 25.0. The summed E-state index contributed by atoms with van der Waals surface area (Å²) in [7, 11) is 0. The SMILES string of the molecule is Cc1ccc2nc(COc3ccccc3C(=O)NCCC3CCCNC3)cn2c1.Cl.Cl. The normalized spacial score (nSPS) is 15.6. The van der Waals surface area contributed by atoms with Gasteiger partial charge in [0.05, 0.1) is 11.3 Å². The van der Waals surface area contributed by atoms with Crippen LogP contribution in [0.4, 0.5) is 0 Å². The van der Waals surface area contributed by atoms with Crippen LogP contribution in [-0.4, -0.2) is 34.9 Å². The summed E-state index contributed by atoms with van der Waals surface area (Å²) in [4.78, 5) is 17.2. The molecule has 31 heavy (non-hydrogen) atoms. The Morgan fingerprint density at radius 2 is 2.06 bits per heavy atom. The summed E-state index contributed by atoms with van der Waals surface area (Å²) in [6, 6.07) is 11.4. The number of halogens is 2. The van der Waals surface area contributed by atoms with E-state index in [2.05, 4.69) is 22.5 Å². The summed E-state index contributed by atoms with van der Waals surface area (Å²) in [5.74, 6) is 1.14. The molecule has 0 radical (unpaired) electrons. The van der Waals surface area contributed by atoms with Gasteiger partial charge in [-0.2, -0.15) is 0 Å². The van der Waals surface area contributed by atoms with Gasteiger partial charge in [0.15, 0.2) is 0 Å². The lowest BCUT2D eigenvalue weighted by molar-refractivity contribution is 0.0946. The zero-order valence-electron chi connectivity index (χ0n) is 17.7. The number of carbonyl (C=O) groups excluding carboxylic acids is 1. The molecule has 2 N–H and O–H groups in total. The number of nitrogens with zero attached hydrogens (tertiary/aromatic N) is 2. The predicted octanol–water partition coefficient (Wildman–Crippen LogP) is 4.18. The van der Waals surface area contributed by atoms with E-state index in [1.165, 1.54) is 18.4 Å². The highest BCUT2D eigenvalue weighted by molar-refractivity contribution is 5.96. The van der Waals surface area contributed by atoms with Crippen molar-refractivity contribution in [2.45, 2.75) is 32.8 Å². The van der Waals surface area contributed by atoms with Gasteiger partial charge in [0.25, 0.3) is 5.91 Å². The molecule has 3 heterocycles. The Bertz CT molecular complexity index is 987. The van der Waals surface area contributed by atoms with Crippen LogP contribution in [0.1, 0.15) is 40.9 Å². The van der Waals surface area contributed by atoms with Crippen molar-refractivity contribution in [2.24, 2.45) is 5.92 Å². The fourth-order valence-electron chi connectivity index (χ4n) is 3.81. The van der Waals surface area contributed by atoms with Crippen LogP contribution in [0.3, 0.4) is 0 Å². The number of benzene rings is 1. The zero-order valence-corrected chi connectivity index (χ0v) is 19.3. The zero-order chi connectivity index (χ0) is 20.1. The second-order valence-electron chi connectivity index (χ2n) is 7.75. The molecule has 3 aromatic rings. The maximum absolute atomic E-state index is 12.7. The molecule has 1 aromatic carbocycles. The molecule has 1 saturated heterocycles. The minimum Gasteiger partial charge on any atom is -0.486 e. The molecule has 8 heteroatoms. The van der Waals surface area contributed by atoms with Crippen molar-refractivity contribution in [3.05, 3.63) is 65.6 Å². The van der Waals surface area contributed by atoms with Gasteiger partial charge in [-0.1, -0.05) is 18.2 Å². The van der Waals surface area contributed by atoms with Crippen LogP contribution < -0.4 is 15.4 Å². The number of fused-ring (bicyclic) bond motifs is 1. The first-order valence-corrected chi connectivity index (χ1v) is 10.3. The van der Waals surface area contributed by atoms with Crippen LogP contribution in [0.2, 0.25) is 0 Å². The van der Waals surface area contributed by atoms with Crippen molar-refractivity contribution in [3.8, 4) is 5.75 Å². The highest BCUT2D eigenvalue weighted by Crippen LogP contribution is 2.20. The van der Waals surface area contributed by atoms with Gasteiger partial charge in [0, 0.05) is 18.9 Å². The Hall–Kier alpha value is -2.28. The number of nitrogens with one attached hydrogen (secondary N) is 2. The standard InChI is InChI=1S/C23H28N4O2.2ClH/c1-17-8-9-22-26-19(15-27(22)14-17)16-29-21-7-3-2-6-20(21)23(28)25-12-10-18-5-4-11-24-13-18;;/h2-3,6-9,14-15,18,24H,4-5,10-13,16H2,1H3,(H,25,28);2*1H. The monoisotopic (exact) mass is 464 g/mol. The van der Waals surface area contributed by atoms with E-state index in [0.29, 0.717) is 30.4 Å². The van der Waals surface area contributed by atoms with Gasteiger partial charge >= 0.3 is 0 Å². The smallest absolute Gasteiger partial charge is 0.255 e. The molecule has 1 fully saturated rings. The summed E-state index contributed by atoms with van der Waals surface area (Å²) in [5, 5.41) is 6.46. The maximum atomic E-state index is 12.7. The number of pyridine rings is 1. The van der Waals surface area contributed by atoms with Crippen molar-refractivity contribution >= 4 is 36.4 Å². The third-order valence-electron chi connectivity index (χ3n) is 5.39. The highest BCUT2D eigenvalue weighted by atomic mass is 35.5. The molecule has 4 rings (SSSR count). The molecule has 1 aliphatic rings. The average molecular weight is 465 g/mol. The van der Waals surface area contributed by atoms with E-state index in [-0.39, 0.29) is 30.7 Å². The number of para-hydroxylation sites is 1. The number of rotatable bonds is 7. The van der Waals surface area contributed by atoms with Crippen LogP contribution in [-0.2, 0) is 6.61 Å². The van der Waals surface area contributed by atoms with Gasteiger partial charge in [-0.3, -0.25) is 4.79 Å². The summed E-state index contributed by atoms with van der Waals surface area (Å²) in [6.07, 6.45) is 7.46. The molecule has 1 aliphatic heterocycles. The average Bonchev–Trinajstić information content (AvgIpc) is 3.15. The second-order valence-corrected chi connectivity index (χ2v) is 7.75. The lowest BCUT2D eigenvalue weighted by Crippen LogP contribution is -2.33. The highest BCUT2D eigenvalue weighted by Gasteiger charge is 2.15. The molecule has 0 bridgehead atoms. The molecule has 0 aliphatic carbocycles. The van der Waals surface area contributed by atoms with E-state index in [9.17, 15) is 4.79 Å². The van der Waals surface area contributed by atoms with E-state index >= 15 is 0 Å². The Morgan fingerprint density at radius 3 is 2.87 bits per heavy atom. The minimum atomic E-state index is -0.0880. The quantitative estimate of drug-likeness (QED) is 0.549. The van der Waals surface area contributed by atoms with Crippen molar-refractivity contribution < 1.29 is 9.53 Å². The lowest BCUT2D eigenvalue weighted by Gasteiger charge is -2.22. The summed E-state index contributed by atoms with van der Waals surface area (Å²) in [6.45, 7) is 5.22. The summed E-state index contributed by atoms with van der Waals surface area (Å²) in [5.41, 5.74) is 3.45. The molecule has 168 valence electrons. The van der Waals surface area contributed by atoms with Crippen LogP contribution in [0, 0.1) is 12.8 Å². The van der Waals surface area contributed by atoms with Gasteiger partial charge in [0.2, 0.25) is 0 Å². The summed E-state index contributed by atoms with van der Waals surface area (Å²) < 4.78 is 7.95. The summed E-state index contributed by atoms with van der Waals surface area (Å²) >= 11 is 0. The van der Waals surface area contributed by atoms with Crippen LogP contribution in [0.5, 0.6) is 5.75 Å². The van der Waals surface area contributed by atoms with Gasteiger partial charge in [0.1, 0.15) is 18.0 Å². The van der Waals surface area contributed by atoms with Gasteiger partial charge in [-0.05, 0) is 69.0 Å². The van der Waals surface area contributed by atoms with Gasteiger partial charge < -0.3 is 19.8 Å². The molecule has 0 saturated carbocycles. The lowest BCUT2D eigenvalue weighted by atomic mass is 9.96. The minimum absolute atomic E-state index is 0. The van der Waals surface area contributed by atoms with Crippen molar-refractivity contribution in [3.63, 3.8) is 0 Å². The molecule has 1 atom stereocenters. The number of aromatic nitrogens is 2. The van der Waals surface area contributed by atoms with E-state index in [1.54, 1.807) is 6.07 Å². The largest absolute Gasteiger partial charge is 0.486 e. The number of imidazole rings is 1. The Kier molecular flexibility index (Phi) is 9.62. The number of carbonyl (C=O) groups is 1. The molecular weight excluding hydrogens is 435 g/mol. The number of aryl methyl sites for hydroxylation is 1. The number of hydrogen-bond donors (Lipinski definition) is 2. The Labute approximate surface area is 195 Å². The first-order chi connectivity index (χ1) is 14.2. The van der Waals surface area contributed by atoms with E-state index in [4.69, 9.17) is 4.74 Å². The third kappa shape index (κ3) is 6.60. The van der Waals surface area contributed by atoms with Gasteiger partial charge in [-0.25, -0.2) is 4.98 Å². The van der Waals surface area contributed by atoms with Crippen LogP contribution in [0.15, 0.2) is 48.8 Å². The van der Waals surface area contributed by atoms with E-state index < -0.39 is 0 Å². The van der Waals surface area contributed by atoms with Gasteiger partial charge in [-0.15, -0.1) is 24.8 Å². The van der Waals surface area contributed by atoms with Crippen molar-refractivity contribution in [2.75, 3.05) is 19.6 Å². The topological polar surface area (TPSA) is 67.7 Å². The maximum Gasteiger partial charge on any atom is 0.255 e. The molecular formula is C23H30Cl2N4O2. The van der Waals surface area contributed by atoms with Crippen molar-refractivity contribution in [1.82, 2.24) is 20.0 Å². The third-order valence-corrected chi connectivity index (χ3v) is 5.39. The molecule has 2 aromatic heterocycles. The van der Waals surface area contributed by atoms with Crippen LogP contribution in [0.25, 0.3) is 5.65 Å². The molecule has 0 spiro atoms. The fraction of sp³-hybridized carbons (Fsp3) is 0.391. The Balaban J connectivity index is 0.00000171. The number of ether oxygens (including phenoxy) is 1. The fourth-order valence-corrected chi connectivity index (χ4v) is 3.81.